The van der Waals surface area contributed by atoms with Gasteiger partial charge >= 0.3 is 0 Å². The lowest BCUT2D eigenvalue weighted by atomic mass is 10.1. The molecule has 1 aliphatic rings. The van der Waals surface area contributed by atoms with Crippen molar-refractivity contribution in [2.24, 2.45) is 0 Å². The molecule has 31 heavy (non-hydrogen) atoms. The summed E-state index contributed by atoms with van der Waals surface area (Å²) in [5.74, 6) is -0.356. The summed E-state index contributed by atoms with van der Waals surface area (Å²) in [6, 6.07) is 14.3. The van der Waals surface area contributed by atoms with E-state index in [4.69, 9.17) is 4.74 Å². The molecule has 2 aromatic carbocycles. The minimum atomic E-state index is -0.443. The average Bonchev–Trinajstić information content (AvgIpc) is 3.31. The van der Waals surface area contributed by atoms with Crippen LogP contribution in [0.2, 0.25) is 0 Å². The number of carbonyl (C=O) groups excluding carboxylic acids is 1. The van der Waals surface area contributed by atoms with E-state index >= 15 is 0 Å². The predicted molar refractivity (Wildman–Crippen MR) is 115 cm³/mol. The Morgan fingerprint density at radius 1 is 1.13 bits per heavy atom. The van der Waals surface area contributed by atoms with Crippen molar-refractivity contribution in [1.82, 2.24) is 15.1 Å². The monoisotopic (exact) mass is 421 g/mol. The van der Waals surface area contributed by atoms with E-state index in [1.807, 2.05) is 46.1 Å². The molecule has 160 valence electrons. The van der Waals surface area contributed by atoms with Crippen LogP contribution in [0.5, 0.6) is 0 Å². The van der Waals surface area contributed by atoms with Crippen LogP contribution in [-0.2, 0) is 17.8 Å². The summed E-state index contributed by atoms with van der Waals surface area (Å²) in [7, 11) is 0. The zero-order chi connectivity index (χ0) is 21.6. The molecule has 1 saturated heterocycles. The van der Waals surface area contributed by atoms with Crippen LogP contribution >= 0.6 is 0 Å². The van der Waals surface area contributed by atoms with Gasteiger partial charge in [-0.15, -0.1) is 0 Å². The lowest BCUT2D eigenvalue weighted by Gasteiger charge is -2.28. The Hall–Kier alpha value is -3.72. The number of hydrogen-bond acceptors (Lipinski definition) is 6. The van der Waals surface area contributed by atoms with E-state index in [-0.39, 0.29) is 17.2 Å². The largest absolute Gasteiger partial charge is 0.378 e. The van der Waals surface area contributed by atoms with E-state index in [0.29, 0.717) is 45.1 Å². The minimum Gasteiger partial charge on any atom is -0.378 e. The number of hydrogen-bond donors (Lipinski definition) is 1. The summed E-state index contributed by atoms with van der Waals surface area (Å²) in [6.07, 6.45) is 3.60. The molecule has 9 heteroatoms. The molecule has 0 saturated carbocycles. The molecule has 1 N–H and O–H groups in total. The van der Waals surface area contributed by atoms with Crippen molar-refractivity contribution >= 4 is 17.3 Å². The number of nitro groups is 1. The van der Waals surface area contributed by atoms with Gasteiger partial charge in [0, 0.05) is 43.7 Å². The predicted octanol–water partition coefficient (Wildman–Crippen LogP) is 2.61. The third-order valence-corrected chi connectivity index (χ3v) is 5.24. The fourth-order valence-corrected chi connectivity index (χ4v) is 3.61. The maximum Gasteiger partial charge on any atom is 0.293 e. The number of ether oxygens (including phenoxy) is 1. The summed E-state index contributed by atoms with van der Waals surface area (Å²) in [5.41, 5.74) is 2.70. The molecule has 0 unspecified atom stereocenters. The Bertz CT molecular complexity index is 1060. The maximum atomic E-state index is 12.7. The van der Waals surface area contributed by atoms with Gasteiger partial charge in [-0.3, -0.25) is 19.6 Å². The van der Waals surface area contributed by atoms with E-state index in [1.165, 1.54) is 6.07 Å². The highest BCUT2D eigenvalue weighted by Gasteiger charge is 2.23. The van der Waals surface area contributed by atoms with Gasteiger partial charge in [-0.05, 0) is 29.3 Å². The van der Waals surface area contributed by atoms with Crippen molar-refractivity contribution in [3.05, 3.63) is 87.7 Å². The molecule has 1 aromatic heterocycles. The number of rotatable bonds is 7. The molecular formula is C22H23N5O4. The molecule has 0 spiro atoms. The smallest absolute Gasteiger partial charge is 0.293 e. The van der Waals surface area contributed by atoms with Crippen LogP contribution in [0.3, 0.4) is 0 Å². The highest BCUT2D eigenvalue weighted by Crippen LogP contribution is 2.30. The van der Waals surface area contributed by atoms with Crippen LogP contribution in [0.4, 0.5) is 11.4 Å². The second-order valence-corrected chi connectivity index (χ2v) is 7.22. The van der Waals surface area contributed by atoms with Gasteiger partial charge in [0.05, 0.1) is 24.7 Å². The standard InChI is InChI=1S/C22H23N5O4/c28-22(23-15-18-4-1-2-5-19(18)16-26-9-3-8-24-26)17-6-7-20(21(14-17)27(29)30)25-10-12-31-13-11-25/h1-9,14H,10-13,15-16H2,(H,23,28). The topological polar surface area (TPSA) is 103 Å². The molecule has 2 heterocycles. The van der Waals surface area contributed by atoms with Crippen LogP contribution in [0.25, 0.3) is 0 Å². The van der Waals surface area contributed by atoms with Gasteiger partial charge in [-0.1, -0.05) is 24.3 Å². The first kappa shape index (κ1) is 20.5. The fraction of sp³-hybridized carbons (Fsp3) is 0.273. The number of benzene rings is 2. The normalized spacial score (nSPS) is 13.7. The van der Waals surface area contributed by atoms with Gasteiger partial charge in [-0.2, -0.15) is 5.10 Å². The van der Waals surface area contributed by atoms with Gasteiger partial charge in [0.25, 0.3) is 11.6 Å². The third-order valence-electron chi connectivity index (χ3n) is 5.24. The molecule has 1 amide bonds. The fourth-order valence-electron chi connectivity index (χ4n) is 3.61. The molecule has 4 rings (SSSR count). The number of morpholine rings is 1. The van der Waals surface area contributed by atoms with Crippen LogP contribution < -0.4 is 10.2 Å². The Morgan fingerprint density at radius 2 is 1.90 bits per heavy atom. The van der Waals surface area contributed by atoms with E-state index < -0.39 is 4.92 Å². The second-order valence-electron chi connectivity index (χ2n) is 7.22. The summed E-state index contributed by atoms with van der Waals surface area (Å²) in [5, 5.41) is 18.7. The van der Waals surface area contributed by atoms with Crippen LogP contribution in [0.15, 0.2) is 60.9 Å². The lowest BCUT2D eigenvalue weighted by Crippen LogP contribution is -2.36. The van der Waals surface area contributed by atoms with Gasteiger partial charge in [-0.25, -0.2) is 0 Å². The van der Waals surface area contributed by atoms with Crippen molar-refractivity contribution in [2.75, 3.05) is 31.2 Å². The Kier molecular flexibility index (Phi) is 6.23. The highest BCUT2D eigenvalue weighted by atomic mass is 16.6. The third kappa shape index (κ3) is 4.89. The number of aromatic nitrogens is 2. The number of nitrogens with one attached hydrogen (secondary N) is 1. The van der Waals surface area contributed by atoms with E-state index in [9.17, 15) is 14.9 Å². The van der Waals surface area contributed by atoms with Gasteiger partial charge < -0.3 is 15.0 Å². The Balaban J connectivity index is 1.48. The van der Waals surface area contributed by atoms with E-state index in [0.717, 1.165) is 11.1 Å². The van der Waals surface area contributed by atoms with E-state index in [2.05, 4.69) is 10.4 Å². The second kappa shape index (κ2) is 9.40. The highest BCUT2D eigenvalue weighted by molar-refractivity contribution is 5.95. The molecule has 0 aliphatic carbocycles. The summed E-state index contributed by atoms with van der Waals surface area (Å²) >= 11 is 0. The Labute approximate surface area is 179 Å². The summed E-state index contributed by atoms with van der Waals surface area (Å²) in [4.78, 5) is 25.8. The van der Waals surface area contributed by atoms with Crippen molar-refractivity contribution in [2.45, 2.75) is 13.1 Å². The maximum absolute atomic E-state index is 12.7. The number of carbonyl (C=O) groups is 1. The zero-order valence-electron chi connectivity index (χ0n) is 16.9. The molecule has 3 aromatic rings. The molecule has 1 fully saturated rings. The Morgan fingerprint density at radius 3 is 2.61 bits per heavy atom. The number of amides is 1. The zero-order valence-corrected chi connectivity index (χ0v) is 16.9. The molecule has 9 nitrogen and oxygen atoms in total. The summed E-state index contributed by atoms with van der Waals surface area (Å²) < 4.78 is 7.13. The SMILES string of the molecule is O=C(NCc1ccccc1Cn1cccn1)c1ccc(N2CCOCC2)c([N+](=O)[O-])c1. The number of nitrogens with zero attached hydrogens (tertiary/aromatic N) is 4. The van der Waals surface area contributed by atoms with Crippen molar-refractivity contribution in [1.29, 1.82) is 0 Å². The van der Waals surface area contributed by atoms with Crippen LogP contribution in [0.1, 0.15) is 21.5 Å². The van der Waals surface area contributed by atoms with Gasteiger partial charge in [0.15, 0.2) is 0 Å². The van der Waals surface area contributed by atoms with Crippen molar-refractivity contribution in [3.63, 3.8) is 0 Å². The molecule has 1 aliphatic heterocycles. The minimum absolute atomic E-state index is 0.0753. The van der Waals surface area contributed by atoms with Crippen molar-refractivity contribution < 1.29 is 14.5 Å². The first-order valence-corrected chi connectivity index (χ1v) is 10.1. The average molecular weight is 421 g/mol. The summed E-state index contributed by atoms with van der Waals surface area (Å²) in [6.45, 7) is 3.13. The molecule has 0 bridgehead atoms. The first-order chi connectivity index (χ1) is 15.1. The van der Waals surface area contributed by atoms with Crippen LogP contribution in [0, 0.1) is 10.1 Å². The lowest BCUT2D eigenvalue weighted by molar-refractivity contribution is -0.384. The molecule has 0 atom stereocenters. The van der Waals surface area contributed by atoms with E-state index in [1.54, 1.807) is 18.3 Å². The quantitative estimate of drug-likeness (QED) is 0.465. The van der Waals surface area contributed by atoms with Gasteiger partial charge in [0.2, 0.25) is 0 Å². The van der Waals surface area contributed by atoms with Crippen LogP contribution in [-0.4, -0.2) is 46.9 Å². The molecule has 0 radical (unpaired) electrons. The first-order valence-electron chi connectivity index (χ1n) is 10.1. The number of nitro benzene ring substituents is 1. The molecular weight excluding hydrogens is 398 g/mol. The van der Waals surface area contributed by atoms with Crippen molar-refractivity contribution in [3.8, 4) is 0 Å². The van der Waals surface area contributed by atoms with Gasteiger partial charge in [0.1, 0.15) is 5.69 Å². The number of anilines is 1.